The quantitative estimate of drug-likeness (QED) is 0.652. The maximum Gasteiger partial charge on any atom is 0.134 e. The van der Waals surface area contributed by atoms with Crippen molar-refractivity contribution in [3.05, 3.63) is 23.1 Å². The molecule has 1 aromatic heterocycles. The van der Waals surface area contributed by atoms with Crippen molar-refractivity contribution < 1.29 is 5.11 Å². The van der Waals surface area contributed by atoms with Gasteiger partial charge >= 0.3 is 0 Å². The number of rotatable bonds is 0. The fourth-order valence-corrected chi connectivity index (χ4v) is 2.42. The lowest BCUT2D eigenvalue weighted by Gasteiger charge is -1.96. The minimum Gasteiger partial charge on any atom is -0.506 e. The Morgan fingerprint density at radius 2 is 2.23 bits per heavy atom. The first kappa shape index (κ1) is 8.42. The van der Waals surface area contributed by atoms with Gasteiger partial charge in [-0.2, -0.15) is 5.26 Å². The van der Waals surface area contributed by atoms with Gasteiger partial charge in [0.15, 0.2) is 0 Å². The van der Waals surface area contributed by atoms with E-state index in [1.807, 2.05) is 0 Å². The van der Waals surface area contributed by atoms with Gasteiger partial charge in [-0.15, -0.1) is 24.0 Å². The van der Waals surface area contributed by atoms with Crippen molar-refractivity contribution in [2.75, 3.05) is 0 Å². The molecule has 0 fully saturated rings. The van der Waals surface area contributed by atoms with Crippen LogP contribution in [0.5, 0.6) is 5.75 Å². The Hall–Kier alpha value is -1.18. The van der Waals surface area contributed by atoms with E-state index in [2.05, 4.69) is 18.7 Å². The number of thiophene rings is 1. The van der Waals surface area contributed by atoms with Crippen LogP contribution in [-0.2, 0) is 0 Å². The van der Waals surface area contributed by atoms with Crippen LogP contribution < -0.4 is 0 Å². The Balaban J connectivity index is 2.95. The van der Waals surface area contributed by atoms with E-state index < -0.39 is 0 Å². The van der Waals surface area contributed by atoms with E-state index in [0.29, 0.717) is 10.5 Å². The largest absolute Gasteiger partial charge is 0.506 e. The minimum atomic E-state index is 0.227. The molecule has 0 amide bonds. The average molecular weight is 207 g/mol. The molecule has 2 nitrogen and oxygen atoms in total. The number of fused-ring (bicyclic) bond motifs is 1. The number of aromatic hydroxyl groups is 1. The summed E-state index contributed by atoms with van der Waals surface area (Å²) in [6.45, 7) is 0. The number of hydrogen-bond acceptors (Lipinski definition) is 4. The second-order valence-electron chi connectivity index (χ2n) is 2.57. The molecule has 2 aromatic rings. The van der Waals surface area contributed by atoms with Crippen LogP contribution >= 0.6 is 24.0 Å². The first-order valence-electron chi connectivity index (χ1n) is 3.56. The molecule has 0 aliphatic rings. The monoisotopic (exact) mass is 207 g/mol. The molecule has 0 unspecified atom stereocenters. The van der Waals surface area contributed by atoms with E-state index in [4.69, 9.17) is 5.26 Å². The van der Waals surface area contributed by atoms with Crippen molar-refractivity contribution in [3.8, 4) is 11.8 Å². The van der Waals surface area contributed by atoms with Crippen molar-refractivity contribution in [2.24, 2.45) is 0 Å². The second kappa shape index (κ2) is 2.95. The molecular weight excluding hydrogens is 202 g/mol. The van der Waals surface area contributed by atoms with Gasteiger partial charge in [0.2, 0.25) is 0 Å². The molecule has 1 aromatic carbocycles. The molecule has 1 N–H and O–H groups in total. The van der Waals surface area contributed by atoms with Crippen molar-refractivity contribution in [3.63, 3.8) is 0 Å². The van der Waals surface area contributed by atoms with E-state index in [-0.39, 0.29) is 5.75 Å². The predicted molar refractivity (Wildman–Crippen MR) is 55.5 cm³/mol. The molecule has 0 aliphatic heterocycles. The zero-order valence-electron chi connectivity index (χ0n) is 6.48. The fourth-order valence-electron chi connectivity index (χ4n) is 1.18. The molecule has 0 bridgehead atoms. The summed E-state index contributed by atoms with van der Waals surface area (Å²) in [5.41, 5.74) is 0.533. The molecule has 4 heteroatoms. The lowest BCUT2D eigenvalue weighted by Crippen LogP contribution is -1.77. The third kappa shape index (κ3) is 1.17. The molecule has 64 valence electrons. The molecule has 0 saturated carbocycles. The van der Waals surface area contributed by atoms with Gasteiger partial charge in [0.25, 0.3) is 0 Å². The normalized spacial score (nSPS) is 10.2. The Morgan fingerprint density at radius 3 is 2.92 bits per heavy atom. The van der Waals surface area contributed by atoms with Crippen LogP contribution in [0.15, 0.2) is 22.4 Å². The van der Waals surface area contributed by atoms with Crippen LogP contribution in [0.1, 0.15) is 5.56 Å². The first-order valence-corrected chi connectivity index (χ1v) is 4.89. The van der Waals surface area contributed by atoms with Crippen LogP contribution in [0.25, 0.3) is 10.1 Å². The summed E-state index contributed by atoms with van der Waals surface area (Å²) >= 11 is 5.52. The van der Waals surface area contributed by atoms with Crippen LogP contribution in [0.4, 0.5) is 0 Å². The number of nitriles is 1. The van der Waals surface area contributed by atoms with Crippen LogP contribution in [0.3, 0.4) is 0 Å². The highest BCUT2D eigenvalue weighted by Crippen LogP contribution is 2.35. The van der Waals surface area contributed by atoms with E-state index in [1.165, 1.54) is 11.3 Å². The van der Waals surface area contributed by atoms with Crippen molar-refractivity contribution in [2.45, 2.75) is 4.90 Å². The Kier molecular flexibility index (Phi) is 1.91. The Labute approximate surface area is 84.5 Å². The van der Waals surface area contributed by atoms with Gasteiger partial charge < -0.3 is 5.11 Å². The molecule has 2 rings (SSSR count). The molecule has 0 radical (unpaired) electrons. The summed E-state index contributed by atoms with van der Waals surface area (Å²) < 4.78 is 0.799. The van der Waals surface area contributed by atoms with Crippen LogP contribution in [0, 0.1) is 11.3 Å². The SMILES string of the molecule is N#Cc1c(S)ccc2c(O)csc12. The van der Waals surface area contributed by atoms with Crippen molar-refractivity contribution in [1.29, 1.82) is 5.26 Å². The van der Waals surface area contributed by atoms with E-state index in [1.54, 1.807) is 17.5 Å². The maximum atomic E-state index is 9.40. The van der Waals surface area contributed by atoms with Crippen molar-refractivity contribution >= 4 is 34.1 Å². The van der Waals surface area contributed by atoms with Crippen LogP contribution in [0.2, 0.25) is 0 Å². The molecule has 0 saturated heterocycles. The van der Waals surface area contributed by atoms with Gasteiger partial charge in [-0.3, -0.25) is 0 Å². The smallest absolute Gasteiger partial charge is 0.134 e. The van der Waals surface area contributed by atoms with E-state index >= 15 is 0 Å². The Bertz CT molecular complexity index is 510. The highest BCUT2D eigenvalue weighted by atomic mass is 32.1. The third-order valence-corrected chi connectivity index (χ3v) is 3.19. The summed E-state index contributed by atoms with van der Waals surface area (Å²) in [5, 5.41) is 20.6. The third-order valence-electron chi connectivity index (χ3n) is 1.81. The second-order valence-corrected chi connectivity index (χ2v) is 3.93. The molecule has 0 atom stereocenters. The Morgan fingerprint density at radius 1 is 1.46 bits per heavy atom. The summed E-state index contributed by atoms with van der Waals surface area (Å²) in [6.07, 6.45) is 0. The maximum absolute atomic E-state index is 9.40. The van der Waals surface area contributed by atoms with Crippen LogP contribution in [-0.4, -0.2) is 5.11 Å². The van der Waals surface area contributed by atoms with Gasteiger partial charge in [-0.25, -0.2) is 0 Å². The van der Waals surface area contributed by atoms with Gasteiger partial charge in [-0.1, -0.05) is 0 Å². The predicted octanol–water partition coefficient (Wildman–Crippen LogP) is 2.77. The number of benzene rings is 1. The summed E-state index contributed by atoms with van der Waals surface area (Å²) in [6, 6.07) is 5.56. The fraction of sp³-hybridized carbons (Fsp3) is 0. The first-order chi connectivity index (χ1) is 6.24. The molecular formula is C9H5NOS2. The van der Waals surface area contributed by atoms with E-state index in [9.17, 15) is 5.11 Å². The van der Waals surface area contributed by atoms with E-state index in [0.717, 1.165) is 10.1 Å². The summed E-state index contributed by atoms with van der Waals surface area (Å²) in [5.74, 6) is 0.227. The van der Waals surface area contributed by atoms with Gasteiger partial charge in [0, 0.05) is 15.7 Å². The molecule has 0 aliphatic carbocycles. The lowest BCUT2D eigenvalue weighted by molar-refractivity contribution is 0.483. The molecule has 13 heavy (non-hydrogen) atoms. The summed E-state index contributed by atoms with van der Waals surface area (Å²) in [7, 11) is 0. The highest BCUT2D eigenvalue weighted by molar-refractivity contribution is 7.80. The number of thiol groups is 1. The van der Waals surface area contributed by atoms with Gasteiger partial charge in [0.1, 0.15) is 11.8 Å². The zero-order chi connectivity index (χ0) is 9.42. The van der Waals surface area contributed by atoms with Gasteiger partial charge in [-0.05, 0) is 12.1 Å². The zero-order valence-corrected chi connectivity index (χ0v) is 8.19. The number of nitrogens with zero attached hydrogens (tertiary/aromatic N) is 1. The topological polar surface area (TPSA) is 44.0 Å². The number of hydrogen-bond donors (Lipinski definition) is 2. The standard InChI is InChI=1S/C9H5NOS2/c10-3-6-8(12)2-1-5-7(11)4-13-9(5)6/h1-2,4,11-12H. The lowest BCUT2D eigenvalue weighted by atomic mass is 10.2. The van der Waals surface area contributed by atoms with Gasteiger partial charge in [0.05, 0.1) is 10.3 Å². The summed E-state index contributed by atoms with van der Waals surface area (Å²) in [4.78, 5) is 0.650. The van der Waals surface area contributed by atoms with Crippen molar-refractivity contribution in [1.82, 2.24) is 0 Å². The molecule has 1 heterocycles. The molecule has 0 spiro atoms. The highest BCUT2D eigenvalue weighted by Gasteiger charge is 2.09. The average Bonchev–Trinajstić information content (AvgIpc) is 2.48. The minimum absolute atomic E-state index is 0.227.